The van der Waals surface area contributed by atoms with E-state index in [0.29, 0.717) is 11.1 Å². The molecule has 0 aromatic heterocycles. The number of hydrogen-bond donors (Lipinski definition) is 0. The summed E-state index contributed by atoms with van der Waals surface area (Å²) < 4.78 is 80.0. The number of halogens is 6. The number of alkyl halides is 6. The second kappa shape index (κ2) is 7.74. The summed E-state index contributed by atoms with van der Waals surface area (Å²) in [6, 6.07) is 9.40. The predicted octanol–water partition coefficient (Wildman–Crippen LogP) is 8.46. The summed E-state index contributed by atoms with van der Waals surface area (Å²) in [5.74, 6) is 0. The first-order valence-corrected chi connectivity index (χ1v) is 9.69. The summed E-state index contributed by atoms with van der Waals surface area (Å²) in [7, 11) is 0. The summed E-state index contributed by atoms with van der Waals surface area (Å²) in [5, 5.41) is 0. The van der Waals surface area contributed by atoms with Crippen LogP contribution in [0.4, 0.5) is 26.3 Å². The fraction of sp³-hybridized carbons (Fsp3) is 0.280. The van der Waals surface area contributed by atoms with Crippen LogP contribution in [0.5, 0.6) is 0 Å². The Labute approximate surface area is 177 Å². The van der Waals surface area contributed by atoms with E-state index in [1.165, 1.54) is 24.3 Å². The van der Waals surface area contributed by atoms with Crippen LogP contribution in [0.2, 0.25) is 0 Å². The topological polar surface area (TPSA) is 0 Å². The third-order valence-electron chi connectivity index (χ3n) is 5.26. The van der Waals surface area contributed by atoms with Gasteiger partial charge in [0.25, 0.3) is 0 Å². The molecule has 0 amide bonds. The number of rotatable bonds is 2. The molecule has 6 heteroatoms. The molecule has 0 radical (unpaired) electrons. The van der Waals surface area contributed by atoms with Crippen molar-refractivity contribution in [2.24, 2.45) is 5.41 Å². The van der Waals surface area contributed by atoms with E-state index in [9.17, 15) is 26.3 Å². The third kappa shape index (κ3) is 4.78. The van der Waals surface area contributed by atoms with Gasteiger partial charge in [0.15, 0.2) is 0 Å². The molecule has 2 aromatic carbocycles. The summed E-state index contributed by atoms with van der Waals surface area (Å²) in [5.41, 5.74) is 1.26. The smallest absolute Gasteiger partial charge is 0.166 e. The normalized spacial score (nSPS) is 15.1. The van der Waals surface area contributed by atoms with Crippen molar-refractivity contribution in [1.82, 2.24) is 0 Å². The molecule has 3 rings (SSSR count). The van der Waals surface area contributed by atoms with Crippen LogP contribution in [0.25, 0.3) is 5.57 Å². The Morgan fingerprint density at radius 3 is 1.48 bits per heavy atom. The monoisotopic (exact) mass is 436 g/mol. The van der Waals surface area contributed by atoms with Gasteiger partial charge >= 0.3 is 12.4 Å². The van der Waals surface area contributed by atoms with Gasteiger partial charge in [0.05, 0.1) is 11.1 Å². The molecule has 0 N–H and O–H groups in total. The Hall–Kier alpha value is -2.76. The van der Waals surface area contributed by atoms with Crippen molar-refractivity contribution < 1.29 is 26.3 Å². The Balaban J connectivity index is 2.33. The van der Waals surface area contributed by atoms with E-state index in [1.54, 1.807) is 6.08 Å². The lowest BCUT2D eigenvalue weighted by Crippen LogP contribution is -2.09. The predicted molar refractivity (Wildman–Crippen MR) is 110 cm³/mol. The van der Waals surface area contributed by atoms with Crippen LogP contribution in [-0.2, 0) is 12.4 Å². The van der Waals surface area contributed by atoms with E-state index in [1.807, 2.05) is 33.8 Å². The van der Waals surface area contributed by atoms with Gasteiger partial charge in [-0.1, -0.05) is 57.2 Å². The Bertz CT molecular complexity index is 1030. The van der Waals surface area contributed by atoms with Crippen LogP contribution in [0, 0.1) is 5.41 Å². The van der Waals surface area contributed by atoms with Gasteiger partial charge in [-0.3, -0.25) is 0 Å². The summed E-state index contributed by atoms with van der Waals surface area (Å²) in [4.78, 5) is 0. The summed E-state index contributed by atoms with van der Waals surface area (Å²) >= 11 is 0. The molecule has 2 aromatic rings. The highest BCUT2D eigenvalue weighted by Crippen LogP contribution is 2.43. The molecule has 0 bridgehead atoms. The van der Waals surface area contributed by atoms with Crippen molar-refractivity contribution in [2.75, 3.05) is 0 Å². The fourth-order valence-electron chi connectivity index (χ4n) is 3.82. The molecule has 0 nitrogen and oxygen atoms in total. The first-order chi connectivity index (χ1) is 14.2. The zero-order valence-corrected chi connectivity index (χ0v) is 17.5. The third-order valence-corrected chi connectivity index (χ3v) is 5.26. The van der Waals surface area contributed by atoms with Crippen LogP contribution < -0.4 is 0 Å². The Morgan fingerprint density at radius 2 is 1.13 bits per heavy atom. The minimum Gasteiger partial charge on any atom is -0.166 e. The molecule has 0 saturated carbocycles. The number of hydrogen-bond acceptors (Lipinski definition) is 0. The molecular formula is C25H22F6. The second-order valence-electron chi connectivity index (χ2n) is 8.57. The maximum absolute atomic E-state index is 13.3. The average molecular weight is 436 g/mol. The zero-order valence-electron chi connectivity index (χ0n) is 17.5. The molecule has 31 heavy (non-hydrogen) atoms. The first kappa shape index (κ1) is 22.9. The second-order valence-corrected chi connectivity index (χ2v) is 8.57. The van der Waals surface area contributed by atoms with Gasteiger partial charge in [0.1, 0.15) is 0 Å². The van der Waals surface area contributed by atoms with Crippen LogP contribution in [0.15, 0.2) is 77.4 Å². The molecule has 0 unspecified atom stereocenters. The highest BCUT2D eigenvalue weighted by Gasteiger charge is 2.33. The van der Waals surface area contributed by atoms with Gasteiger partial charge in [-0.2, -0.15) is 26.3 Å². The average Bonchev–Trinajstić information content (AvgIpc) is 3.03. The standard InChI is InChI=1S/C25H22F6/c1-15-20(11-12-21(15)23(2,3)4)22(16-7-5-9-18(13-16)24(26,27)28)17-8-6-10-19(14-17)25(29,30)31/h5-14H,1-4H3. The number of allylic oxidation sites excluding steroid dienone is 5. The van der Waals surface area contributed by atoms with Gasteiger partial charge in [-0.15, -0.1) is 0 Å². The Morgan fingerprint density at radius 1 is 0.677 bits per heavy atom. The van der Waals surface area contributed by atoms with Crippen molar-refractivity contribution in [2.45, 2.75) is 40.0 Å². The number of benzene rings is 2. The van der Waals surface area contributed by atoms with Crippen molar-refractivity contribution in [3.63, 3.8) is 0 Å². The van der Waals surface area contributed by atoms with Gasteiger partial charge < -0.3 is 0 Å². The van der Waals surface area contributed by atoms with E-state index < -0.39 is 23.5 Å². The lowest BCUT2D eigenvalue weighted by molar-refractivity contribution is -0.138. The largest absolute Gasteiger partial charge is 0.416 e. The lowest BCUT2D eigenvalue weighted by atomic mass is 9.83. The lowest BCUT2D eigenvalue weighted by Gasteiger charge is -2.22. The van der Waals surface area contributed by atoms with Crippen molar-refractivity contribution in [3.05, 3.63) is 99.7 Å². The molecular weight excluding hydrogens is 414 g/mol. The SMILES string of the molecule is CC1=C(C(C)(C)C)C=CC1=C(c1cccc(C(F)(F)F)c1)c1cccc(C(F)(F)F)c1. The van der Waals surface area contributed by atoms with Gasteiger partial charge in [0.2, 0.25) is 0 Å². The molecule has 0 saturated heterocycles. The maximum Gasteiger partial charge on any atom is 0.416 e. The van der Waals surface area contributed by atoms with Gasteiger partial charge in [-0.05, 0) is 70.0 Å². The molecule has 164 valence electrons. The van der Waals surface area contributed by atoms with E-state index in [4.69, 9.17) is 0 Å². The fourth-order valence-corrected chi connectivity index (χ4v) is 3.82. The summed E-state index contributed by atoms with van der Waals surface area (Å²) in [6.45, 7) is 7.87. The molecule has 0 spiro atoms. The molecule has 0 aliphatic heterocycles. The van der Waals surface area contributed by atoms with Gasteiger partial charge in [-0.25, -0.2) is 0 Å². The van der Waals surface area contributed by atoms with Crippen molar-refractivity contribution >= 4 is 5.57 Å². The van der Waals surface area contributed by atoms with Crippen molar-refractivity contribution in [1.29, 1.82) is 0 Å². The van der Waals surface area contributed by atoms with Crippen LogP contribution in [0.3, 0.4) is 0 Å². The molecule has 1 aliphatic rings. The van der Waals surface area contributed by atoms with Crippen LogP contribution in [-0.4, -0.2) is 0 Å². The van der Waals surface area contributed by atoms with E-state index >= 15 is 0 Å². The van der Waals surface area contributed by atoms with E-state index in [2.05, 4.69) is 0 Å². The molecule has 0 atom stereocenters. The summed E-state index contributed by atoms with van der Waals surface area (Å²) in [6.07, 6.45) is -5.48. The first-order valence-electron chi connectivity index (χ1n) is 9.69. The van der Waals surface area contributed by atoms with Crippen molar-refractivity contribution in [3.8, 4) is 0 Å². The minimum atomic E-state index is -4.56. The van der Waals surface area contributed by atoms with E-state index in [-0.39, 0.29) is 16.5 Å². The maximum atomic E-state index is 13.3. The quantitative estimate of drug-likeness (QED) is 0.414. The Kier molecular flexibility index (Phi) is 5.72. The van der Waals surface area contributed by atoms with Crippen LogP contribution >= 0.6 is 0 Å². The van der Waals surface area contributed by atoms with Gasteiger partial charge in [0, 0.05) is 0 Å². The molecule has 0 heterocycles. The van der Waals surface area contributed by atoms with Crippen LogP contribution in [0.1, 0.15) is 49.9 Å². The highest BCUT2D eigenvalue weighted by atomic mass is 19.4. The zero-order chi connectivity index (χ0) is 23.2. The molecule has 1 aliphatic carbocycles. The highest BCUT2D eigenvalue weighted by molar-refractivity contribution is 5.88. The molecule has 0 fully saturated rings. The van der Waals surface area contributed by atoms with E-state index in [0.717, 1.165) is 35.4 Å². The minimum absolute atomic E-state index is 0.211.